The van der Waals surface area contributed by atoms with Gasteiger partial charge in [0, 0.05) is 119 Å². The average molecular weight is 964 g/mol. The summed E-state index contributed by atoms with van der Waals surface area (Å²) in [5.74, 6) is 0.326. The van der Waals surface area contributed by atoms with E-state index in [4.69, 9.17) is 19.3 Å². The molecule has 8 rings (SSSR count). The van der Waals surface area contributed by atoms with E-state index in [2.05, 4.69) is 36.9 Å². The van der Waals surface area contributed by atoms with Crippen molar-refractivity contribution in [2.24, 2.45) is 11.3 Å². The molecular weight excluding hydrogens is 895 g/mol. The van der Waals surface area contributed by atoms with Crippen LogP contribution in [0.15, 0.2) is 61.2 Å². The van der Waals surface area contributed by atoms with Crippen molar-refractivity contribution in [1.29, 1.82) is 0 Å². The molecule has 3 aromatic heterocycles. The number of hydrogen-bond acceptors (Lipinski definition) is 13. The second-order valence-electron chi connectivity index (χ2n) is 21.2. The molecule has 5 amide bonds. The Balaban J connectivity index is 1.01. The van der Waals surface area contributed by atoms with Crippen LogP contribution in [-0.2, 0) is 42.6 Å². The number of anilines is 2. The number of nitrogens with one attached hydrogen (secondary N) is 3. The molecule has 0 unspecified atom stereocenters. The van der Waals surface area contributed by atoms with E-state index < -0.39 is 34.8 Å². The molecule has 1 aromatic carbocycles. The lowest BCUT2D eigenvalue weighted by molar-refractivity contribution is -0.157. The number of carbonyl (C=O) groups is 5. The smallest absolute Gasteiger partial charge is 0.413 e. The Morgan fingerprint density at radius 3 is 2.30 bits per heavy atom. The fourth-order valence-corrected chi connectivity index (χ4v) is 9.88. The maximum Gasteiger partial charge on any atom is 0.413 e. The van der Waals surface area contributed by atoms with Gasteiger partial charge in [-0.3, -0.25) is 19.9 Å². The number of benzene rings is 1. The summed E-state index contributed by atoms with van der Waals surface area (Å²) in [7, 11) is 0. The van der Waals surface area contributed by atoms with Gasteiger partial charge in [-0.05, 0) is 122 Å². The molecule has 0 saturated carbocycles. The first kappa shape index (κ1) is 49.9. The summed E-state index contributed by atoms with van der Waals surface area (Å²) >= 11 is 0. The second-order valence-corrected chi connectivity index (χ2v) is 21.2. The van der Waals surface area contributed by atoms with Crippen LogP contribution in [0.1, 0.15) is 90.3 Å². The number of esters is 1. The number of urea groups is 1. The predicted octanol–water partition coefficient (Wildman–Crippen LogP) is 6.20. The first-order valence-corrected chi connectivity index (χ1v) is 24.6. The summed E-state index contributed by atoms with van der Waals surface area (Å²) in [6.07, 6.45) is 9.40. The first-order chi connectivity index (χ1) is 33.3. The highest BCUT2D eigenvalue weighted by molar-refractivity contribution is 5.87. The van der Waals surface area contributed by atoms with Crippen LogP contribution in [-0.4, -0.2) is 141 Å². The van der Waals surface area contributed by atoms with Crippen molar-refractivity contribution in [2.45, 2.75) is 117 Å². The quantitative estimate of drug-likeness (QED) is 0.107. The second kappa shape index (κ2) is 20.8. The highest BCUT2D eigenvalue weighted by atomic mass is 16.6. The number of rotatable bonds is 12. The molecule has 3 N–H and O–H groups in total. The lowest BCUT2D eigenvalue weighted by Gasteiger charge is -2.43. The van der Waals surface area contributed by atoms with Gasteiger partial charge in [-0.15, -0.1) is 0 Å². The van der Waals surface area contributed by atoms with E-state index in [0.29, 0.717) is 83.9 Å². The van der Waals surface area contributed by atoms with E-state index >= 15 is 0 Å². The minimum atomic E-state index is -0.896. The Bertz CT molecular complexity index is 2520. The minimum absolute atomic E-state index is 0.0125. The van der Waals surface area contributed by atoms with Crippen molar-refractivity contribution < 1.29 is 38.2 Å². The third-order valence-electron chi connectivity index (χ3n) is 13.7. The van der Waals surface area contributed by atoms with Crippen molar-refractivity contribution in [3.05, 3.63) is 77.9 Å². The van der Waals surface area contributed by atoms with Gasteiger partial charge in [0.25, 0.3) is 0 Å². The topological polar surface area (TPSA) is 206 Å². The SMILES string of the molecule is Cc1cc(C[C@H](CN[C@@H](CC2CCN(C(=O)OC(C)(C)C)CC2)C(=O)N2CCN(c3ccncc3)CC2)NC(=O)N2CCC3(CC2)OC(=O)Nc2ncccc23)cc2cn(COC(=O)C(C)(C)C)nc12. The number of aromatic nitrogens is 4. The average Bonchev–Trinajstić information content (AvgIpc) is 3.75. The molecular formula is C51H69N11O8. The largest absolute Gasteiger partial charge is 0.444 e. The normalized spacial score (nSPS) is 18.4. The van der Waals surface area contributed by atoms with Crippen LogP contribution in [0, 0.1) is 18.3 Å². The molecule has 1 spiro atoms. The van der Waals surface area contributed by atoms with Crippen LogP contribution in [0.3, 0.4) is 0 Å². The number of ether oxygens (including phenoxy) is 3. The van der Waals surface area contributed by atoms with Crippen molar-refractivity contribution in [1.82, 2.24) is 45.1 Å². The van der Waals surface area contributed by atoms with Gasteiger partial charge in [-0.25, -0.2) is 24.0 Å². The number of fused-ring (bicyclic) bond motifs is 3. The van der Waals surface area contributed by atoms with Crippen molar-refractivity contribution in [3.8, 4) is 0 Å². The minimum Gasteiger partial charge on any atom is -0.444 e. The molecule has 7 heterocycles. The Labute approximate surface area is 409 Å². The van der Waals surface area contributed by atoms with Gasteiger partial charge in [0.2, 0.25) is 5.91 Å². The van der Waals surface area contributed by atoms with E-state index in [9.17, 15) is 24.0 Å². The Kier molecular flexibility index (Phi) is 14.9. The standard InChI is InChI=1S/C51H69N11O8/c1-34-27-36(28-37-32-62(57-42(34)37)33-68-45(64)49(2,3)4)29-38(55-46(65)60-21-14-51(15-22-60)40-9-8-16-53-43(40)56-47(66)69-51)31-54-41(30-35-12-19-61(20-13-35)48(67)70-50(5,6)7)44(63)59-25-23-58(24-26-59)39-10-17-52-18-11-39/h8-11,16-18,27-28,32,35,38,41,54H,12-15,19-26,29-31,33H2,1-7H3,(H,55,65)(H,53,56,66)/t38-,41+/m1/s1. The zero-order valence-corrected chi connectivity index (χ0v) is 41.7. The van der Waals surface area contributed by atoms with Crippen LogP contribution in [0.25, 0.3) is 10.9 Å². The lowest BCUT2D eigenvalue weighted by atomic mass is 9.83. The van der Waals surface area contributed by atoms with E-state index in [1.54, 1.807) is 53.8 Å². The molecule has 70 heavy (non-hydrogen) atoms. The summed E-state index contributed by atoms with van der Waals surface area (Å²) < 4.78 is 18.8. The van der Waals surface area contributed by atoms with Crippen molar-refractivity contribution >= 4 is 52.5 Å². The monoisotopic (exact) mass is 964 g/mol. The number of pyridine rings is 2. The first-order valence-electron chi connectivity index (χ1n) is 24.6. The number of piperazine rings is 1. The third kappa shape index (κ3) is 12.1. The molecule has 0 bridgehead atoms. The van der Waals surface area contributed by atoms with E-state index in [0.717, 1.165) is 46.1 Å². The zero-order valence-electron chi connectivity index (χ0n) is 41.7. The Morgan fingerprint density at radius 2 is 1.61 bits per heavy atom. The van der Waals surface area contributed by atoms with Crippen LogP contribution in [0.5, 0.6) is 0 Å². The summed E-state index contributed by atoms with van der Waals surface area (Å²) in [5.41, 5.74) is 2.38. The fourth-order valence-electron chi connectivity index (χ4n) is 9.88. The van der Waals surface area contributed by atoms with Crippen molar-refractivity contribution in [2.75, 3.05) is 69.1 Å². The molecule has 2 atom stereocenters. The van der Waals surface area contributed by atoms with E-state index in [1.165, 1.54) is 0 Å². The van der Waals surface area contributed by atoms with Gasteiger partial charge in [0.15, 0.2) is 6.73 Å². The molecule has 19 heteroatoms. The van der Waals surface area contributed by atoms with Gasteiger partial charge >= 0.3 is 24.2 Å². The van der Waals surface area contributed by atoms with Gasteiger partial charge in [0.1, 0.15) is 17.0 Å². The molecule has 3 fully saturated rings. The maximum atomic E-state index is 14.8. The number of likely N-dealkylation sites (tertiary alicyclic amines) is 2. The Morgan fingerprint density at radius 1 is 0.900 bits per heavy atom. The molecule has 0 radical (unpaired) electrons. The van der Waals surface area contributed by atoms with Gasteiger partial charge < -0.3 is 44.4 Å². The number of carbonyl (C=O) groups excluding carboxylic acids is 5. The molecule has 0 aliphatic carbocycles. The molecule has 4 aliphatic heterocycles. The summed E-state index contributed by atoms with van der Waals surface area (Å²) in [5, 5.41) is 15.3. The summed E-state index contributed by atoms with van der Waals surface area (Å²) in [4.78, 5) is 83.6. The van der Waals surface area contributed by atoms with Gasteiger partial charge in [-0.2, -0.15) is 5.10 Å². The summed E-state index contributed by atoms with van der Waals surface area (Å²) in [6.45, 7) is 17.5. The van der Waals surface area contributed by atoms with Crippen LogP contribution < -0.4 is 20.9 Å². The number of aryl methyl sites for hydroxylation is 1. The molecule has 3 saturated heterocycles. The lowest BCUT2D eigenvalue weighted by Crippen LogP contribution is -2.58. The van der Waals surface area contributed by atoms with Gasteiger partial charge in [-0.1, -0.05) is 6.07 Å². The summed E-state index contributed by atoms with van der Waals surface area (Å²) in [6, 6.07) is 10.5. The zero-order chi connectivity index (χ0) is 49.8. The highest BCUT2D eigenvalue weighted by Crippen LogP contribution is 2.42. The Hall–Kier alpha value is -6.50. The number of piperidine rings is 2. The number of nitrogens with zero attached hydrogens (tertiary/aromatic N) is 8. The van der Waals surface area contributed by atoms with E-state index in [-0.39, 0.29) is 43.2 Å². The van der Waals surface area contributed by atoms with Crippen LogP contribution >= 0.6 is 0 Å². The fraction of sp³-hybridized carbons (Fsp3) is 0.569. The van der Waals surface area contributed by atoms with Gasteiger partial charge in [0.05, 0.1) is 17.0 Å². The van der Waals surface area contributed by atoms with Crippen LogP contribution in [0.2, 0.25) is 0 Å². The predicted molar refractivity (Wildman–Crippen MR) is 263 cm³/mol. The third-order valence-corrected chi connectivity index (χ3v) is 13.7. The highest BCUT2D eigenvalue weighted by Gasteiger charge is 2.46. The van der Waals surface area contributed by atoms with E-state index in [1.807, 2.05) is 69.1 Å². The molecule has 376 valence electrons. The number of amides is 5. The maximum absolute atomic E-state index is 14.8. The van der Waals surface area contributed by atoms with Crippen molar-refractivity contribution in [3.63, 3.8) is 0 Å². The molecule has 4 aliphatic rings. The molecule has 4 aromatic rings. The van der Waals surface area contributed by atoms with Crippen LogP contribution in [0.4, 0.5) is 25.9 Å². The molecule has 19 nitrogen and oxygen atoms in total. The number of hydrogen-bond donors (Lipinski definition) is 3.